The molecule has 0 radical (unpaired) electrons. The van der Waals surface area contributed by atoms with Crippen LogP contribution in [0.4, 0.5) is 0 Å². The quantitative estimate of drug-likeness (QED) is 0.579. The first-order valence-corrected chi connectivity index (χ1v) is 17.8. The summed E-state index contributed by atoms with van der Waals surface area (Å²) < 4.78 is 6.57. The number of aliphatic hydroxyl groups excluding tert-OH is 1. The number of nitrogens with zero attached hydrogens (tertiary/aromatic N) is 1. The number of rotatable bonds is 11. The number of likely N-dealkylation sites (N-methyl/N-ethyl adjacent to an activating group) is 1. The van der Waals surface area contributed by atoms with Crippen LogP contribution >= 0.6 is 0 Å². The highest BCUT2D eigenvalue weighted by atomic mass is 28.4. The zero-order chi connectivity index (χ0) is 16.7. The average molecular weight is 350 g/mol. The summed E-state index contributed by atoms with van der Waals surface area (Å²) in [5.41, 5.74) is -0.289. The van der Waals surface area contributed by atoms with Crippen molar-refractivity contribution in [2.24, 2.45) is 0 Å². The van der Waals surface area contributed by atoms with Crippen LogP contribution in [0.15, 0.2) is 0 Å². The maximum absolute atomic E-state index is 10.6. The maximum Gasteiger partial charge on any atom is 0.203 e. The molecule has 0 fully saturated rings. The molecule has 0 aromatic heterocycles. The van der Waals surface area contributed by atoms with Crippen molar-refractivity contribution in [1.29, 1.82) is 0 Å². The van der Waals surface area contributed by atoms with Gasteiger partial charge in [0.25, 0.3) is 0 Å². The maximum atomic E-state index is 10.6. The molecule has 0 aromatic carbocycles. The molecule has 3 nitrogen and oxygen atoms in total. The van der Waals surface area contributed by atoms with E-state index >= 15 is 0 Å². The van der Waals surface area contributed by atoms with Crippen LogP contribution in [0, 0.1) is 0 Å². The molecule has 1 atom stereocenters. The fourth-order valence-corrected chi connectivity index (χ4v) is 15.0. The van der Waals surface area contributed by atoms with Crippen molar-refractivity contribution in [2.75, 3.05) is 20.1 Å². The summed E-state index contributed by atoms with van der Waals surface area (Å²) in [5, 5.41) is 10.6. The summed E-state index contributed by atoms with van der Waals surface area (Å²) in [6.07, 6.45) is 2.40. The molecule has 1 unspecified atom stereocenters. The van der Waals surface area contributed by atoms with E-state index in [1.54, 1.807) is 0 Å². The Hall–Kier alpha value is 0.531. The minimum atomic E-state index is -2.03. The number of hydrogen-bond acceptors (Lipinski definition) is 3. The van der Waals surface area contributed by atoms with Gasteiger partial charge in [0.05, 0.1) is 5.73 Å². The summed E-state index contributed by atoms with van der Waals surface area (Å²) >= 11 is 0. The molecule has 0 saturated heterocycles. The molecule has 0 aliphatic carbocycles. The Bertz CT molecular complexity index is 286. The van der Waals surface area contributed by atoms with Gasteiger partial charge in [-0.3, -0.25) is 0 Å². The van der Waals surface area contributed by atoms with E-state index in [1.165, 1.54) is 24.9 Å². The summed E-state index contributed by atoms with van der Waals surface area (Å²) in [6, 6.07) is 2.63. The highest BCUT2D eigenvalue weighted by Crippen LogP contribution is 2.23. The third kappa shape index (κ3) is 10.0. The van der Waals surface area contributed by atoms with Crippen LogP contribution in [0.2, 0.25) is 51.4 Å². The fourth-order valence-electron chi connectivity index (χ4n) is 2.50. The van der Waals surface area contributed by atoms with Crippen molar-refractivity contribution in [2.45, 2.75) is 76.9 Å². The van der Waals surface area contributed by atoms with Crippen LogP contribution in [-0.4, -0.2) is 61.3 Å². The predicted molar refractivity (Wildman–Crippen MR) is 103 cm³/mol. The fraction of sp³-hybridized carbons (Fsp3) is 1.00. The second-order valence-electron chi connectivity index (χ2n) is 8.03. The molecule has 21 heavy (non-hydrogen) atoms. The van der Waals surface area contributed by atoms with Crippen LogP contribution in [-0.2, 0) is 4.12 Å². The van der Waals surface area contributed by atoms with Gasteiger partial charge in [0.2, 0.25) is 8.32 Å². The Morgan fingerprint density at radius 1 is 1.19 bits per heavy atom. The Balaban J connectivity index is 4.43. The van der Waals surface area contributed by atoms with E-state index in [0.717, 1.165) is 13.1 Å². The van der Waals surface area contributed by atoms with Crippen molar-refractivity contribution >= 4 is 25.4 Å². The Kier molecular flexibility index (Phi) is 9.86. The van der Waals surface area contributed by atoms with Crippen LogP contribution in [0.1, 0.15) is 19.8 Å². The zero-order valence-corrected chi connectivity index (χ0v) is 18.9. The summed E-state index contributed by atoms with van der Waals surface area (Å²) in [6.45, 7) is 17.9. The Morgan fingerprint density at radius 3 is 2.24 bits per heavy atom. The molecule has 0 aliphatic heterocycles. The van der Waals surface area contributed by atoms with Crippen molar-refractivity contribution in [3.05, 3.63) is 0 Å². The van der Waals surface area contributed by atoms with E-state index in [2.05, 4.69) is 58.2 Å². The second-order valence-corrected chi connectivity index (χ2v) is 20.1. The highest BCUT2D eigenvalue weighted by Gasteiger charge is 2.38. The van der Waals surface area contributed by atoms with E-state index in [0.29, 0.717) is 0 Å². The van der Waals surface area contributed by atoms with Crippen molar-refractivity contribution < 1.29 is 9.22 Å². The normalized spacial score (nSPS) is 15.0. The number of unbranched alkanes of at least 4 members (excludes halogenated alkanes) is 1. The molecule has 0 amide bonds. The molecule has 0 rings (SSSR count). The topological polar surface area (TPSA) is 32.7 Å². The molecule has 0 heterocycles. The number of hydrogen-bond donors (Lipinski definition) is 1. The second kappa shape index (κ2) is 9.62. The van der Waals surface area contributed by atoms with Gasteiger partial charge in [-0.1, -0.05) is 32.5 Å². The first-order chi connectivity index (χ1) is 9.50. The van der Waals surface area contributed by atoms with Gasteiger partial charge in [-0.25, -0.2) is 0 Å². The lowest BCUT2D eigenvalue weighted by atomic mass is 10.3. The first kappa shape index (κ1) is 21.5. The molecule has 6 heteroatoms. The van der Waals surface area contributed by atoms with Gasteiger partial charge in [0.15, 0.2) is 8.32 Å². The monoisotopic (exact) mass is 349 g/mol. The molecule has 0 spiro atoms. The summed E-state index contributed by atoms with van der Waals surface area (Å²) in [7, 11) is -2.04. The highest BCUT2D eigenvalue weighted by molar-refractivity contribution is 6.85. The molecule has 128 valence electrons. The largest absolute Gasteiger partial charge is 0.454 e. The van der Waals surface area contributed by atoms with Crippen molar-refractivity contribution in [1.82, 2.24) is 4.90 Å². The van der Waals surface area contributed by atoms with Gasteiger partial charge < -0.3 is 14.1 Å². The molecular formula is C15H39NO2Si3. The van der Waals surface area contributed by atoms with E-state index in [-0.39, 0.29) is 5.73 Å². The van der Waals surface area contributed by atoms with Gasteiger partial charge in [0.1, 0.15) is 0 Å². The van der Waals surface area contributed by atoms with Gasteiger partial charge in [-0.05, 0) is 52.2 Å². The molecule has 0 bridgehead atoms. The Morgan fingerprint density at radius 2 is 1.76 bits per heavy atom. The molecule has 0 saturated carbocycles. The molecular weight excluding hydrogens is 310 g/mol. The standard InChI is InChI=1S/C15H39NO2Si3/c1-9-10-11-16(2)14-15(17)21(7,8)18-20(5,6)13-12-19(3)4/h15,17,19H,9-14H2,1-8H3. The van der Waals surface area contributed by atoms with Crippen LogP contribution in [0.25, 0.3) is 0 Å². The zero-order valence-electron chi connectivity index (χ0n) is 15.7. The first-order valence-electron chi connectivity index (χ1n) is 8.57. The molecule has 0 aliphatic rings. The third-order valence-electron chi connectivity index (χ3n) is 4.04. The number of aliphatic hydroxyl groups is 1. The van der Waals surface area contributed by atoms with E-state index in [1.807, 2.05) is 0 Å². The van der Waals surface area contributed by atoms with Crippen LogP contribution in [0.5, 0.6) is 0 Å². The molecule has 0 aromatic rings. The van der Waals surface area contributed by atoms with Crippen molar-refractivity contribution in [3.8, 4) is 0 Å². The molecule has 1 N–H and O–H groups in total. The van der Waals surface area contributed by atoms with Crippen molar-refractivity contribution in [3.63, 3.8) is 0 Å². The lowest BCUT2D eigenvalue weighted by molar-refractivity contribution is 0.165. The van der Waals surface area contributed by atoms with Gasteiger partial charge in [-0.15, -0.1) is 0 Å². The Labute approximate surface area is 137 Å². The summed E-state index contributed by atoms with van der Waals surface area (Å²) in [5.74, 6) is 0. The van der Waals surface area contributed by atoms with Gasteiger partial charge in [0, 0.05) is 15.3 Å². The van der Waals surface area contributed by atoms with Gasteiger partial charge >= 0.3 is 0 Å². The minimum Gasteiger partial charge on any atom is -0.454 e. The smallest absolute Gasteiger partial charge is 0.203 e. The van der Waals surface area contributed by atoms with Crippen LogP contribution < -0.4 is 0 Å². The minimum absolute atomic E-state index is 0.289. The SMILES string of the molecule is CCCCN(C)CC(O)[Si](C)(C)O[Si](C)(C)CC[SiH](C)C. The lowest BCUT2D eigenvalue weighted by Crippen LogP contribution is -2.55. The third-order valence-corrected chi connectivity index (χ3v) is 13.7. The lowest BCUT2D eigenvalue weighted by Gasteiger charge is -2.38. The predicted octanol–water partition coefficient (Wildman–Crippen LogP) is 3.53. The van der Waals surface area contributed by atoms with Gasteiger partial charge in [-0.2, -0.15) is 0 Å². The van der Waals surface area contributed by atoms with E-state index in [9.17, 15) is 5.11 Å². The summed E-state index contributed by atoms with van der Waals surface area (Å²) in [4.78, 5) is 2.25. The van der Waals surface area contributed by atoms with E-state index < -0.39 is 25.4 Å². The van der Waals surface area contributed by atoms with Crippen LogP contribution in [0.3, 0.4) is 0 Å². The average Bonchev–Trinajstić information content (AvgIpc) is 2.32. The van der Waals surface area contributed by atoms with E-state index in [4.69, 9.17) is 4.12 Å².